The van der Waals surface area contributed by atoms with Gasteiger partial charge in [-0.15, -0.1) is 11.8 Å². The molecule has 5 heteroatoms. The van der Waals surface area contributed by atoms with Gasteiger partial charge in [0.25, 0.3) is 0 Å². The van der Waals surface area contributed by atoms with Crippen LogP contribution in [0.3, 0.4) is 0 Å². The first-order chi connectivity index (χ1) is 13.3. The van der Waals surface area contributed by atoms with E-state index in [-0.39, 0.29) is 5.91 Å². The minimum atomic E-state index is -0.538. The van der Waals surface area contributed by atoms with E-state index in [1.54, 1.807) is 29.8 Å². The number of anilines is 1. The Morgan fingerprint density at radius 1 is 1.04 bits per heavy atom. The molecule has 0 aromatic heterocycles. The average molecular weight is 398 g/mol. The minimum absolute atomic E-state index is 0.0130. The summed E-state index contributed by atoms with van der Waals surface area (Å²) in [6.45, 7) is 5.48. The molecule has 0 N–H and O–H groups in total. The molecule has 0 fully saturated rings. The summed E-state index contributed by atoms with van der Waals surface area (Å²) in [7, 11) is 1.76. The molecule has 0 saturated heterocycles. The van der Waals surface area contributed by atoms with E-state index in [0.29, 0.717) is 5.75 Å². The zero-order valence-corrected chi connectivity index (χ0v) is 17.7. The van der Waals surface area contributed by atoms with E-state index in [9.17, 15) is 9.59 Å². The number of carbonyl (C=O) groups excluding carboxylic acids is 2. The van der Waals surface area contributed by atoms with E-state index in [0.717, 1.165) is 17.0 Å². The van der Waals surface area contributed by atoms with Crippen LogP contribution < -0.4 is 4.90 Å². The van der Waals surface area contributed by atoms with E-state index in [1.807, 2.05) is 63.2 Å². The first-order valence-electron chi connectivity index (χ1n) is 9.14. The quantitative estimate of drug-likeness (QED) is 0.490. The summed E-state index contributed by atoms with van der Waals surface area (Å²) in [5, 5.41) is 0. The number of carbonyl (C=O) groups is 2. The van der Waals surface area contributed by atoms with Crippen molar-refractivity contribution in [1.29, 1.82) is 0 Å². The van der Waals surface area contributed by atoms with Crippen molar-refractivity contribution in [2.75, 3.05) is 17.7 Å². The monoisotopic (exact) mass is 397 g/mol. The number of amides is 1. The standard InChI is InChI=1S/C23H27NO3S/c1-23(2,3)27-22(26)15-14-19-12-8-9-13-20(19)24(4)21(25)17-28-16-18-10-6-5-7-11-18/h5-15H,16-17H2,1-4H3/b15-14+. The van der Waals surface area contributed by atoms with Crippen molar-refractivity contribution in [1.82, 2.24) is 0 Å². The third-order valence-corrected chi connectivity index (χ3v) is 4.80. The maximum absolute atomic E-state index is 12.6. The second kappa shape index (κ2) is 10.1. The maximum atomic E-state index is 12.6. The summed E-state index contributed by atoms with van der Waals surface area (Å²) >= 11 is 1.58. The van der Waals surface area contributed by atoms with Crippen LogP contribution in [0.25, 0.3) is 6.08 Å². The molecular weight excluding hydrogens is 370 g/mol. The predicted molar refractivity (Wildman–Crippen MR) is 117 cm³/mol. The van der Waals surface area contributed by atoms with Gasteiger partial charge in [0.1, 0.15) is 5.60 Å². The smallest absolute Gasteiger partial charge is 0.331 e. The summed E-state index contributed by atoms with van der Waals surface area (Å²) in [6, 6.07) is 17.6. The Bertz CT molecular complexity index is 825. The van der Waals surface area contributed by atoms with Gasteiger partial charge in [0.05, 0.1) is 11.4 Å². The largest absolute Gasteiger partial charge is 0.457 e. The molecule has 0 radical (unpaired) electrons. The summed E-state index contributed by atoms with van der Waals surface area (Å²) in [5.74, 6) is 0.782. The normalized spacial score (nSPS) is 11.4. The molecule has 0 unspecified atom stereocenters. The van der Waals surface area contributed by atoms with Crippen LogP contribution in [-0.2, 0) is 20.1 Å². The van der Waals surface area contributed by atoms with Crippen molar-refractivity contribution in [3.63, 3.8) is 0 Å². The molecule has 4 nitrogen and oxygen atoms in total. The molecule has 2 rings (SSSR count). The van der Waals surface area contributed by atoms with Crippen LogP contribution in [0.2, 0.25) is 0 Å². The van der Waals surface area contributed by atoms with Crippen molar-refractivity contribution < 1.29 is 14.3 Å². The zero-order valence-electron chi connectivity index (χ0n) is 16.8. The van der Waals surface area contributed by atoms with Gasteiger partial charge in [0, 0.05) is 18.9 Å². The minimum Gasteiger partial charge on any atom is -0.457 e. The van der Waals surface area contributed by atoms with Gasteiger partial charge in [-0.3, -0.25) is 4.79 Å². The molecule has 0 bridgehead atoms. The molecule has 0 atom stereocenters. The fourth-order valence-electron chi connectivity index (χ4n) is 2.49. The van der Waals surface area contributed by atoms with E-state index >= 15 is 0 Å². The second-order valence-corrected chi connectivity index (χ2v) is 8.34. The van der Waals surface area contributed by atoms with E-state index in [2.05, 4.69) is 12.1 Å². The lowest BCUT2D eigenvalue weighted by atomic mass is 10.1. The molecule has 0 saturated carbocycles. The van der Waals surface area contributed by atoms with Crippen LogP contribution in [0.15, 0.2) is 60.7 Å². The SMILES string of the molecule is CN(C(=O)CSCc1ccccc1)c1ccccc1/C=C/C(=O)OC(C)(C)C. The van der Waals surface area contributed by atoms with Gasteiger partial charge in [-0.1, -0.05) is 48.5 Å². The lowest BCUT2D eigenvalue weighted by Gasteiger charge is -2.20. The number of rotatable bonds is 7. The van der Waals surface area contributed by atoms with Crippen molar-refractivity contribution in [2.45, 2.75) is 32.1 Å². The number of hydrogen-bond donors (Lipinski definition) is 0. The van der Waals surface area contributed by atoms with Gasteiger partial charge in [-0.25, -0.2) is 4.79 Å². The Hall–Kier alpha value is -2.53. The Morgan fingerprint density at radius 2 is 1.68 bits per heavy atom. The molecule has 0 aliphatic carbocycles. The molecule has 0 heterocycles. The number of benzene rings is 2. The molecule has 0 aliphatic rings. The van der Waals surface area contributed by atoms with Gasteiger partial charge >= 0.3 is 5.97 Å². The van der Waals surface area contributed by atoms with Gasteiger partial charge in [-0.05, 0) is 44.0 Å². The van der Waals surface area contributed by atoms with Gasteiger partial charge in [0.2, 0.25) is 5.91 Å². The van der Waals surface area contributed by atoms with E-state index < -0.39 is 11.6 Å². The first kappa shape index (κ1) is 21.8. The van der Waals surface area contributed by atoms with E-state index in [1.165, 1.54) is 11.6 Å². The number of esters is 1. The molecule has 0 spiro atoms. The maximum Gasteiger partial charge on any atom is 0.331 e. The van der Waals surface area contributed by atoms with Crippen molar-refractivity contribution in [3.05, 3.63) is 71.8 Å². The van der Waals surface area contributed by atoms with Gasteiger partial charge in [-0.2, -0.15) is 0 Å². The highest BCUT2D eigenvalue weighted by atomic mass is 32.2. The van der Waals surface area contributed by atoms with Crippen LogP contribution >= 0.6 is 11.8 Å². The molecular formula is C23H27NO3S. The number of ether oxygens (including phenoxy) is 1. The van der Waals surface area contributed by atoms with Crippen LogP contribution in [0, 0.1) is 0 Å². The molecule has 2 aromatic rings. The number of hydrogen-bond acceptors (Lipinski definition) is 4. The summed E-state index contributed by atoms with van der Waals surface area (Å²) in [6.07, 6.45) is 3.08. The number of nitrogens with zero attached hydrogens (tertiary/aromatic N) is 1. The van der Waals surface area contributed by atoms with Crippen LogP contribution in [-0.4, -0.2) is 30.3 Å². The number of thioether (sulfide) groups is 1. The van der Waals surface area contributed by atoms with E-state index in [4.69, 9.17) is 4.74 Å². The number of para-hydroxylation sites is 1. The summed E-state index contributed by atoms with van der Waals surface area (Å²) < 4.78 is 5.29. The molecule has 1 amide bonds. The Kier molecular flexibility index (Phi) is 7.88. The zero-order chi connectivity index (χ0) is 20.6. The summed E-state index contributed by atoms with van der Waals surface area (Å²) in [4.78, 5) is 26.2. The van der Waals surface area contributed by atoms with Crippen LogP contribution in [0.4, 0.5) is 5.69 Å². The Morgan fingerprint density at radius 3 is 2.36 bits per heavy atom. The molecule has 28 heavy (non-hydrogen) atoms. The highest BCUT2D eigenvalue weighted by molar-refractivity contribution is 7.99. The van der Waals surface area contributed by atoms with Crippen molar-refractivity contribution in [2.24, 2.45) is 0 Å². The summed E-state index contributed by atoms with van der Waals surface area (Å²) in [5.41, 5.74) is 2.21. The van der Waals surface area contributed by atoms with Gasteiger partial charge in [0.15, 0.2) is 0 Å². The second-order valence-electron chi connectivity index (χ2n) is 7.36. The fourth-order valence-corrected chi connectivity index (χ4v) is 3.39. The topological polar surface area (TPSA) is 46.6 Å². The first-order valence-corrected chi connectivity index (χ1v) is 10.3. The molecule has 0 aliphatic heterocycles. The highest BCUT2D eigenvalue weighted by Crippen LogP contribution is 2.22. The van der Waals surface area contributed by atoms with Crippen molar-refractivity contribution in [3.8, 4) is 0 Å². The van der Waals surface area contributed by atoms with Gasteiger partial charge < -0.3 is 9.64 Å². The van der Waals surface area contributed by atoms with Crippen LogP contribution in [0.5, 0.6) is 0 Å². The molecule has 148 valence electrons. The fraction of sp³-hybridized carbons (Fsp3) is 0.304. The van der Waals surface area contributed by atoms with Crippen LogP contribution in [0.1, 0.15) is 31.9 Å². The lowest BCUT2D eigenvalue weighted by Crippen LogP contribution is -2.28. The highest BCUT2D eigenvalue weighted by Gasteiger charge is 2.15. The third-order valence-electron chi connectivity index (χ3n) is 3.82. The lowest BCUT2D eigenvalue weighted by molar-refractivity contribution is -0.148. The third kappa shape index (κ3) is 7.24. The Balaban J connectivity index is 1.99. The predicted octanol–water partition coefficient (Wildman–Crippen LogP) is 4.94. The van der Waals surface area contributed by atoms with Crippen molar-refractivity contribution >= 4 is 35.4 Å². The molecule has 2 aromatic carbocycles. The average Bonchev–Trinajstić information content (AvgIpc) is 2.65. The Labute approximate surface area is 171 Å².